The van der Waals surface area contributed by atoms with Crippen LogP contribution in [0.15, 0.2) is 30.3 Å². The zero-order valence-electron chi connectivity index (χ0n) is 15.3. The Labute approximate surface area is 148 Å². The third-order valence-electron chi connectivity index (χ3n) is 6.25. The van der Waals surface area contributed by atoms with Crippen LogP contribution < -0.4 is 0 Å². The average molecular weight is 330 g/mol. The molecule has 1 aliphatic heterocycles. The second-order valence-corrected chi connectivity index (χ2v) is 8.03. The zero-order valence-corrected chi connectivity index (χ0v) is 15.3. The van der Waals surface area contributed by atoms with Crippen LogP contribution in [0.3, 0.4) is 0 Å². The molecule has 0 radical (unpaired) electrons. The van der Waals surface area contributed by atoms with Crippen LogP contribution in [0, 0.1) is 0 Å². The van der Waals surface area contributed by atoms with Crippen molar-refractivity contribution < 1.29 is 5.11 Å². The number of hydrogen-bond acceptors (Lipinski definition) is 2. The van der Waals surface area contributed by atoms with Gasteiger partial charge < -0.3 is 10.0 Å². The molecule has 1 unspecified atom stereocenters. The van der Waals surface area contributed by atoms with Gasteiger partial charge in [0.15, 0.2) is 0 Å². The summed E-state index contributed by atoms with van der Waals surface area (Å²) >= 11 is 0. The van der Waals surface area contributed by atoms with Gasteiger partial charge in [-0.1, -0.05) is 68.9 Å². The van der Waals surface area contributed by atoms with E-state index in [1.807, 2.05) is 0 Å². The first kappa shape index (κ1) is 17.9. The topological polar surface area (TPSA) is 23.5 Å². The number of likely N-dealkylation sites (tertiary alicyclic amines) is 1. The van der Waals surface area contributed by atoms with Gasteiger partial charge in [-0.15, -0.1) is 0 Å². The minimum atomic E-state index is -0.496. The fraction of sp³-hybridized carbons (Fsp3) is 0.727. The van der Waals surface area contributed by atoms with Crippen LogP contribution in [0.2, 0.25) is 0 Å². The van der Waals surface area contributed by atoms with E-state index in [1.165, 1.54) is 70.0 Å². The number of rotatable bonds is 5. The van der Waals surface area contributed by atoms with E-state index < -0.39 is 5.60 Å². The largest absolute Gasteiger partial charge is 0.389 e. The minimum absolute atomic E-state index is 0.292. The second kappa shape index (κ2) is 9.01. The molecule has 24 heavy (non-hydrogen) atoms. The van der Waals surface area contributed by atoms with Gasteiger partial charge in [-0.05, 0) is 57.3 Å². The molecule has 1 heterocycles. The molecule has 2 fully saturated rings. The predicted molar refractivity (Wildman–Crippen MR) is 101 cm³/mol. The average Bonchev–Trinajstić information content (AvgIpc) is 2.99. The molecule has 0 bridgehead atoms. The van der Waals surface area contributed by atoms with Crippen molar-refractivity contribution in [2.75, 3.05) is 19.6 Å². The van der Waals surface area contributed by atoms with Crippen molar-refractivity contribution in [2.24, 2.45) is 0 Å². The predicted octanol–water partition coefficient (Wildman–Crippen LogP) is 5.12. The highest BCUT2D eigenvalue weighted by atomic mass is 16.3. The summed E-state index contributed by atoms with van der Waals surface area (Å²) in [4.78, 5) is 2.64. The van der Waals surface area contributed by atoms with Gasteiger partial charge in [0.05, 0.1) is 5.60 Å². The van der Waals surface area contributed by atoms with E-state index in [9.17, 15) is 5.11 Å². The van der Waals surface area contributed by atoms with Gasteiger partial charge in [-0.2, -0.15) is 0 Å². The molecule has 2 nitrogen and oxygen atoms in total. The summed E-state index contributed by atoms with van der Waals surface area (Å²) in [5, 5.41) is 11.5. The normalized spacial score (nSPS) is 24.0. The fourth-order valence-electron chi connectivity index (χ4n) is 4.79. The van der Waals surface area contributed by atoms with Crippen LogP contribution in [0.4, 0.5) is 0 Å². The molecule has 2 heteroatoms. The molecule has 1 aliphatic carbocycles. The molecule has 134 valence electrons. The van der Waals surface area contributed by atoms with Crippen LogP contribution >= 0.6 is 0 Å². The van der Waals surface area contributed by atoms with Gasteiger partial charge in [0.25, 0.3) is 0 Å². The van der Waals surface area contributed by atoms with Crippen molar-refractivity contribution in [3.63, 3.8) is 0 Å². The van der Waals surface area contributed by atoms with E-state index in [-0.39, 0.29) is 0 Å². The van der Waals surface area contributed by atoms with Gasteiger partial charge in [-0.25, -0.2) is 0 Å². The lowest BCUT2D eigenvalue weighted by Gasteiger charge is -2.37. The molecule has 2 aliphatic rings. The van der Waals surface area contributed by atoms with E-state index in [4.69, 9.17) is 0 Å². The molecule has 3 rings (SSSR count). The summed E-state index contributed by atoms with van der Waals surface area (Å²) in [5.74, 6) is 0.292. The van der Waals surface area contributed by atoms with Crippen LogP contribution in [-0.4, -0.2) is 35.2 Å². The van der Waals surface area contributed by atoms with Crippen molar-refractivity contribution in [1.82, 2.24) is 4.90 Å². The lowest BCUT2D eigenvalue weighted by Crippen LogP contribution is -2.38. The summed E-state index contributed by atoms with van der Waals surface area (Å²) < 4.78 is 0. The summed E-state index contributed by atoms with van der Waals surface area (Å²) in [6.45, 7) is 3.64. The van der Waals surface area contributed by atoms with Gasteiger partial charge in [0, 0.05) is 5.92 Å². The molecule has 0 spiro atoms. The van der Waals surface area contributed by atoms with Crippen LogP contribution in [-0.2, 0) is 0 Å². The Hall–Kier alpha value is -0.860. The van der Waals surface area contributed by atoms with Crippen LogP contribution in [0.1, 0.15) is 82.1 Å². The first-order chi connectivity index (χ1) is 11.8. The maximum atomic E-state index is 11.5. The van der Waals surface area contributed by atoms with Gasteiger partial charge in [0.1, 0.15) is 0 Å². The Morgan fingerprint density at radius 2 is 1.42 bits per heavy atom. The van der Waals surface area contributed by atoms with Crippen LogP contribution in [0.5, 0.6) is 0 Å². The lowest BCUT2D eigenvalue weighted by atomic mass is 9.75. The SMILES string of the molecule is OC1(C(CCN2CCCCCC2)c2ccccc2)CCCCCC1. The standard InChI is InChI=1S/C22H35NO/c24-22(15-8-1-2-9-16-22)21(20-12-6-5-7-13-20)14-19-23-17-10-3-4-11-18-23/h5-7,12-13,21,24H,1-4,8-11,14-19H2. The Morgan fingerprint density at radius 3 is 2.04 bits per heavy atom. The van der Waals surface area contributed by atoms with E-state index >= 15 is 0 Å². The maximum absolute atomic E-state index is 11.5. The van der Waals surface area contributed by atoms with Gasteiger partial charge >= 0.3 is 0 Å². The van der Waals surface area contributed by atoms with Crippen molar-refractivity contribution >= 4 is 0 Å². The summed E-state index contributed by atoms with van der Waals surface area (Å²) in [5.41, 5.74) is 0.848. The highest BCUT2D eigenvalue weighted by molar-refractivity contribution is 5.23. The molecule has 1 saturated heterocycles. The maximum Gasteiger partial charge on any atom is 0.0716 e. The van der Waals surface area contributed by atoms with E-state index in [2.05, 4.69) is 35.2 Å². The van der Waals surface area contributed by atoms with Crippen molar-refractivity contribution in [2.45, 2.75) is 82.1 Å². The fourth-order valence-corrected chi connectivity index (χ4v) is 4.79. The third-order valence-corrected chi connectivity index (χ3v) is 6.25. The number of hydrogen-bond donors (Lipinski definition) is 1. The first-order valence-electron chi connectivity index (χ1n) is 10.3. The van der Waals surface area contributed by atoms with Crippen molar-refractivity contribution in [3.8, 4) is 0 Å². The summed E-state index contributed by atoms with van der Waals surface area (Å²) in [7, 11) is 0. The molecule has 0 aromatic heterocycles. The first-order valence-corrected chi connectivity index (χ1v) is 10.3. The van der Waals surface area contributed by atoms with Crippen LogP contribution in [0.25, 0.3) is 0 Å². The Morgan fingerprint density at radius 1 is 0.833 bits per heavy atom. The molecule has 1 saturated carbocycles. The Balaban J connectivity index is 1.72. The molecule has 1 atom stereocenters. The quantitative estimate of drug-likeness (QED) is 0.758. The molecular formula is C22H35NO. The van der Waals surface area contributed by atoms with E-state index in [1.54, 1.807) is 0 Å². The number of aliphatic hydroxyl groups is 1. The molecular weight excluding hydrogens is 294 g/mol. The Kier molecular flexibility index (Phi) is 6.74. The van der Waals surface area contributed by atoms with E-state index in [0.29, 0.717) is 5.92 Å². The van der Waals surface area contributed by atoms with Crippen molar-refractivity contribution in [1.29, 1.82) is 0 Å². The Bertz CT molecular complexity index is 456. The summed E-state index contributed by atoms with van der Waals surface area (Å²) in [6.07, 6.45) is 13.5. The van der Waals surface area contributed by atoms with Crippen molar-refractivity contribution in [3.05, 3.63) is 35.9 Å². The molecule has 0 amide bonds. The van der Waals surface area contributed by atoms with Gasteiger partial charge in [0.2, 0.25) is 0 Å². The lowest BCUT2D eigenvalue weighted by molar-refractivity contribution is -0.00803. The highest BCUT2D eigenvalue weighted by Gasteiger charge is 2.37. The monoisotopic (exact) mass is 329 g/mol. The van der Waals surface area contributed by atoms with Gasteiger partial charge in [-0.3, -0.25) is 0 Å². The number of benzene rings is 1. The van der Waals surface area contributed by atoms with E-state index in [0.717, 1.165) is 25.8 Å². The molecule has 1 aromatic carbocycles. The number of nitrogens with zero attached hydrogens (tertiary/aromatic N) is 1. The zero-order chi connectivity index (χ0) is 16.7. The highest BCUT2D eigenvalue weighted by Crippen LogP contribution is 2.41. The molecule has 1 N–H and O–H groups in total. The second-order valence-electron chi connectivity index (χ2n) is 8.03. The molecule has 1 aromatic rings. The minimum Gasteiger partial charge on any atom is -0.389 e. The smallest absolute Gasteiger partial charge is 0.0716 e. The third kappa shape index (κ3) is 4.83. The summed E-state index contributed by atoms with van der Waals surface area (Å²) in [6, 6.07) is 10.8.